The van der Waals surface area contributed by atoms with E-state index in [0.29, 0.717) is 0 Å². The van der Waals surface area contributed by atoms with Gasteiger partial charge in [-0.25, -0.2) is 0 Å². The molecule has 0 nitrogen and oxygen atoms in total. The van der Waals surface area contributed by atoms with Crippen LogP contribution in [0.4, 0.5) is 0 Å². The van der Waals surface area contributed by atoms with E-state index in [1.54, 1.807) is 0 Å². The molecular formula is C15H20. The molecule has 0 aliphatic heterocycles. The van der Waals surface area contributed by atoms with Gasteiger partial charge in [-0.15, -0.1) is 0 Å². The van der Waals surface area contributed by atoms with Gasteiger partial charge in [-0.1, -0.05) is 24.8 Å². The highest BCUT2D eigenvalue weighted by atomic mass is 14.1. The fourth-order valence-corrected chi connectivity index (χ4v) is 1.75. The lowest BCUT2D eigenvalue weighted by Crippen LogP contribution is -1.94. The summed E-state index contributed by atoms with van der Waals surface area (Å²) in [5.41, 5.74) is 6.62. The van der Waals surface area contributed by atoms with E-state index in [9.17, 15) is 0 Å². The third-order valence-corrected chi connectivity index (χ3v) is 2.94. The van der Waals surface area contributed by atoms with Crippen LogP contribution in [-0.2, 0) is 0 Å². The van der Waals surface area contributed by atoms with Gasteiger partial charge in [0.25, 0.3) is 0 Å². The topological polar surface area (TPSA) is 0 Å². The molecule has 1 aromatic carbocycles. The van der Waals surface area contributed by atoms with Gasteiger partial charge in [0.2, 0.25) is 0 Å². The summed E-state index contributed by atoms with van der Waals surface area (Å²) in [6.07, 6.45) is 2.13. The fourth-order valence-electron chi connectivity index (χ4n) is 1.75. The van der Waals surface area contributed by atoms with Crippen LogP contribution in [0.25, 0.3) is 0 Å². The highest BCUT2D eigenvalue weighted by Gasteiger charge is 2.05. The van der Waals surface area contributed by atoms with E-state index < -0.39 is 0 Å². The number of hydrogen-bond acceptors (Lipinski definition) is 0. The van der Waals surface area contributed by atoms with Crippen molar-refractivity contribution in [3.05, 3.63) is 33.9 Å². The van der Waals surface area contributed by atoms with Crippen LogP contribution in [0.3, 0.4) is 0 Å². The molecule has 80 valence electrons. The molecule has 0 N–H and O–H groups in total. The third-order valence-electron chi connectivity index (χ3n) is 2.94. The zero-order valence-corrected chi connectivity index (χ0v) is 10.5. The molecule has 0 fully saturated rings. The summed E-state index contributed by atoms with van der Waals surface area (Å²) in [4.78, 5) is 0. The Balaban J connectivity index is 3.20. The molecule has 1 aromatic rings. The summed E-state index contributed by atoms with van der Waals surface area (Å²) in [6.45, 7) is 10.8. The van der Waals surface area contributed by atoms with Gasteiger partial charge in [0, 0.05) is 12.0 Å². The van der Waals surface area contributed by atoms with Crippen molar-refractivity contribution in [1.82, 2.24) is 0 Å². The largest absolute Gasteiger partial charge is 0.0979 e. The lowest BCUT2D eigenvalue weighted by molar-refractivity contribution is 0.983. The first-order valence-corrected chi connectivity index (χ1v) is 5.64. The minimum absolute atomic E-state index is 0.992. The van der Waals surface area contributed by atoms with E-state index in [4.69, 9.17) is 0 Å². The maximum absolute atomic E-state index is 3.30. The number of rotatable bonds is 1. The van der Waals surface area contributed by atoms with Gasteiger partial charge in [-0.3, -0.25) is 0 Å². The molecule has 0 bridgehead atoms. The molecule has 15 heavy (non-hydrogen) atoms. The minimum atomic E-state index is 0.992. The van der Waals surface area contributed by atoms with Crippen molar-refractivity contribution in [2.45, 2.75) is 47.5 Å². The van der Waals surface area contributed by atoms with E-state index in [0.717, 1.165) is 12.8 Å². The van der Waals surface area contributed by atoms with Crippen LogP contribution in [0.1, 0.15) is 47.6 Å². The summed E-state index contributed by atoms with van der Waals surface area (Å²) in [7, 11) is 0. The van der Waals surface area contributed by atoms with Crippen molar-refractivity contribution in [2.24, 2.45) is 0 Å². The molecular weight excluding hydrogens is 180 g/mol. The van der Waals surface area contributed by atoms with Gasteiger partial charge in [0.1, 0.15) is 0 Å². The Hall–Kier alpha value is -1.22. The van der Waals surface area contributed by atoms with Crippen LogP contribution in [-0.4, -0.2) is 0 Å². The van der Waals surface area contributed by atoms with Crippen LogP contribution in [0.15, 0.2) is 6.07 Å². The lowest BCUT2D eigenvalue weighted by atomic mass is 9.94. The Morgan fingerprint density at radius 1 is 1.00 bits per heavy atom. The first-order chi connectivity index (χ1) is 7.07. The molecule has 0 amide bonds. The van der Waals surface area contributed by atoms with Gasteiger partial charge in [0.15, 0.2) is 0 Å². The van der Waals surface area contributed by atoms with Crippen LogP contribution in [0, 0.1) is 39.5 Å². The standard InChI is InChI=1S/C15H20/c1-6-7-8-9-15-12(3)10-11(2)13(4)14(15)5/h10H,6-7H2,1-5H3. The Morgan fingerprint density at radius 2 is 1.67 bits per heavy atom. The highest BCUT2D eigenvalue weighted by molar-refractivity contribution is 5.52. The van der Waals surface area contributed by atoms with Gasteiger partial charge in [-0.2, -0.15) is 0 Å². The Kier molecular flexibility index (Phi) is 3.97. The average Bonchev–Trinajstić information content (AvgIpc) is 2.20. The van der Waals surface area contributed by atoms with E-state index in [-0.39, 0.29) is 0 Å². The molecule has 0 heterocycles. The summed E-state index contributed by atoms with van der Waals surface area (Å²) in [6, 6.07) is 2.23. The monoisotopic (exact) mass is 200 g/mol. The normalized spacial score (nSPS) is 9.67. The molecule has 1 rings (SSSR count). The van der Waals surface area contributed by atoms with Crippen LogP contribution >= 0.6 is 0 Å². The third kappa shape index (κ3) is 2.63. The summed E-state index contributed by atoms with van der Waals surface area (Å²) >= 11 is 0. The molecule has 0 heteroatoms. The SMILES string of the molecule is CCCC#Cc1c(C)cc(C)c(C)c1C. The molecule has 0 aliphatic rings. The summed E-state index contributed by atoms with van der Waals surface area (Å²) in [5, 5.41) is 0. The van der Waals surface area contributed by atoms with Crippen molar-refractivity contribution < 1.29 is 0 Å². The minimum Gasteiger partial charge on any atom is -0.0979 e. The van der Waals surface area contributed by atoms with Gasteiger partial charge in [0.05, 0.1) is 0 Å². The highest BCUT2D eigenvalue weighted by Crippen LogP contribution is 2.20. The number of benzene rings is 1. The van der Waals surface area contributed by atoms with Crippen molar-refractivity contribution in [2.75, 3.05) is 0 Å². The Bertz CT molecular complexity index is 414. The second kappa shape index (κ2) is 5.03. The maximum atomic E-state index is 3.30. The number of aryl methyl sites for hydroxylation is 2. The molecule has 0 saturated carbocycles. The predicted octanol–water partition coefficient (Wildman–Crippen LogP) is 4.07. The first-order valence-electron chi connectivity index (χ1n) is 5.64. The van der Waals surface area contributed by atoms with Crippen molar-refractivity contribution >= 4 is 0 Å². The Morgan fingerprint density at radius 3 is 2.27 bits per heavy atom. The summed E-state index contributed by atoms with van der Waals surface area (Å²) in [5.74, 6) is 6.53. The van der Waals surface area contributed by atoms with Crippen molar-refractivity contribution in [3.63, 3.8) is 0 Å². The fraction of sp³-hybridized carbons (Fsp3) is 0.467. The molecule has 0 unspecified atom stereocenters. The molecule has 0 saturated heterocycles. The zero-order valence-electron chi connectivity index (χ0n) is 10.5. The van der Waals surface area contributed by atoms with Gasteiger partial charge < -0.3 is 0 Å². The van der Waals surface area contributed by atoms with Crippen LogP contribution in [0.5, 0.6) is 0 Å². The Labute approximate surface area is 93.7 Å². The second-order valence-electron chi connectivity index (χ2n) is 4.19. The second-order valence-corrected chi connectivity index (χ2v) is 4.19. The van der Waals surface area contributed by atoms with Crippen molar-refractivity contribution in [1.29, 1.82) is 0 Å². The smallest absolute Gasteiger partial charge is 0.0306 e. The summed E-state index contributed by atoms with van der Waals surface area (Å²) < 4.78 is 0. The maximum Gasteiger partial charge on any atom is 0.0306 e. The number of hydrogen-bond donors (Lipinski definition) is 0. The average molecular weight is 200 g/mol. The molecule has 0 atom stereocenters. The predicted molar refractivity (Wildman–Crippen MR) is 67.2 cm³/mol. The van der Waals surface area contributed by atoms with E-state index >= 15 is 0 Å². The van der Waals surface area contributed by atoms with Crippen LogP contribution in [0.2, 0.25) is 0 Å². The van der Waals surface area contributed by atoms with Gasteiger partial charge >= 0.3 is 0 Å². The lowest BCUT2D eigenvalue weighted by Gasteiger charge is -2.10. The quantitative estimate of drug-likeness (QED) is 0.599. The van der Waals surface area contributed by atoms with Crippen LogP contribution < -0.4 is 0 Å². The molecule has 0 aromatic heterocycles. The molecule has 0 radical (unpaired) electrons. The van der Waals surface area contributed by atoms with Crippen molar-refractivity contribution in [3.8, 4) is 11.8 Å². The van der Waals surface area contributed by atoms with E-state index in [1.165, 1.54) is 27.8 Å². The van der Waals surface area contributed by atoms with Gasteiger partial charge in [-0.05, 0) is 56.4 Å². The van der Waals surface area contributed by atoms with E-state index in [1.807, 2.05) is 0 Å². The zero-order chi connectivity index (χ0) is 11.4. The van der Waals surface area contributed by atoms with E-state index in [2.05, 4.69) is 52.5 Å². The first kappa shape index (κ1) is 11.9. The molecule has 0 aliphatic carbocycles. The number of unbranched alkanes of at least 4 members (excludes halogenated alkanes) is 1. The molecule has 0 spiro atoms.